The summed E-state index contributed by atoms with van der Waals surface area (Å²) in [6, 6.07) is 7.18. The van der Waals surface area contributed by atoms with Gasteiger partial charge in [0.15, 0.2) is 5.96 Å². The Morgan fingerprint density at radius 3 is 2.90 bits per heavy atom. The minimum absolute atomic E-state index is 0.00720. The van der Waals surface area contributed by atoms with Crippen LogP contribution in [0.15, 0.2) is 24.3 Å². The number of amides is 2. The van der Waals surface area contributed by atoms with E-state index in [1.807, 2.05) is 6.07 Å². The summed E-state index contributed by atoms with van der Waals surface area (Å²) in [6.07, 6.45) is 0.00720. The van der Waals surface area contributed by atoms with E-state index in [-0.39, 0.29) is 24.2 Å². The summed E-state index contributed by atoms with van der Waals surface area (Å²) in [6.45, 7) is 1.92. The highest BCUT2D eigenvalue weighted by Gasteiger charge is 2.42. The molecule has 1 aromatic carbocycles. The van der Waals surface area contributed by atoms with E-state index in [1.165, 1.54) is 11.9 Å². The quantitative estimate of drug-likeness (QED) is 0.781. The minimum Gasteiger partial charge on any atom is -0.350 e. The zero-order chi connectivity index (χ0) is 15.6. The fourth-order valence-electron chi connectivity index (χ4n) is 2.10. The number of halogens is 1. The van der Waals surface area contributed by atoms with E-state index in [9.17, 15) is 9.59 Å². The smallest absolute Gasteiger partial charge is 0.246 e. The number of carbonyl (C=O) groups is 2. The summed E-state index contributed by atoms with van der Waals surface area (Å²) in [5.41, 5.74) is -0.243. The van der Waals surface area contributed by atoms with Gasteiger partial charge in [0.25, 0.3) is 0 Å². The fraction of sp³-hybridized carbons (Fsp3) is 0.357. The average Bonchev–Trinajstić information content (AvgIpc) is 2.42. The van der Waals surface area contributed by atoms with Crippen molar-refractivity contribution < 1.29 is 9.59 Å². The molecular formula is C14H17ClN4O2. The van der Waals surface area contributed by atoms with Crippen molar-refractivity contribution >= 4 is 29.4 Å². The Bertz CT molecular complexity index is 584. The molecule has 1 aromatic rings. The molecule has 0 aromatic heterocycles. The van der Waals surface area contributed by atoms with Gasteiger partial charge in [0, 0.05) is 18.6 Å². The van der Waals surface area contributed by atoms with E-state index in [2.05, 4.69) is 10.6 Å². The van der Waals surface area contributed by atoms with Crippen molar-refractivity contribution in [2.75, 3.05) is 7.05 Å². The third kappa shape index (κ3) is 3.33. The molecule has 1 heterocycles. The molecule has 1 saturated heterocycles. The molecule has 3 N–H and O–H groups in total. The van der Waals surface area contributed by atoms with Crippen LogP contribution in [-0.2, 0) is 16.1 Å². The second-order valence-corrected chi connectivity index (χ2v) is 5.68. The molecule has 0 bridgehead atoms. The highest BCUT2D eigenvalue weighted by Crippen LogP contribution is 2.17. The molecule has 1 fully saturated rings. The molecule has 7 heteroatoms. The zero-order valence-electron chi connectivity index (χ0n) is 11.9. The molecule has 0 radical (unpaired) electrons. The standard InChI is InChI=1S/C14H17ClN4O2/c1-14(7-11(20)19(2)13(16)18-14)12(21)17-8-9-4-3-5-10(15)6-9/h3-6H,7-8H2,1-2H3,(H2,16,18)(H,17,21)/t14-/m0/s1. The van der Waals surface area contributed by atoms with Gasteiger partial charge in [0.05, 0.1) is 6.42 Å². The zero-order valence-corrected chi connectivity index (χ0v) is 12.6. The average molecular weight is 309 g/mol. The van der Waals surface area contributed by atoms with E-state index in [1.54, 1.807) is 25.1 Å². The number of carbonyl (C=O) groups excluding carboxylic acids is 2. The predicted octanol–water partition coefficient (Wildman–Crippen LogP) is 1.10. The molecule has 1 aliphatic rings. The van der Waals surface area contributed by atoms with Gasteiger partial charge in [0.2, 0.25) is 11.8 Å². The summed E-state index contributed by atoms with van der Waals surface area (Å²) in [4.78, 5) is 25.3. The number of nitrogens with one attached hydrogen (secondary N) is 3. The van der Waals surface area contributed by atoms with E-state index in [4.69, 9.17) is 17.0 Å². The van der Waals surface area contributed by atoms with Gasteiger partial charge in [-0.2, -0.15) is 0 Å². The van der Waals surface area contributed by atoms with Crippen LogP contribution >= 0.6 is 11.6 Å². The van der Waals surface area contributed by atoms with E-state index in [0.717, 1.165) is 5.56 Å². The van der Waals surface area contributed by atoms with Gasteiger partial charge < -0.3 is 10.6 Å². The van der Waals surface area contributed by atoms with Crippen molar-refractivity contribution in [3.05, 3.63) is 34.9 Å². The van der Waals surface area contributed by atoms with Crippen LogP contribution in [0.25, 0.3) is 0 Å². The summed E-state index contributed by atoms with van der Waals surface area (Å²) in [5, 5.41) is 13.8. The maximum Gasteiger partial charge on any atom is 0.246 e. The van der Waals surface area contributed by atoms with Crippen molar-refractivity contribution in [2.45, 2.75) is 25.4 Å². The largest absolute Gasteiger partial charge is 0.350 e. The summed E-state index contributed by atoms with van der Waals surface area (Å²) < 4.78 is 0. The lowest BCUT2D eigenvalue weighted by molar-refractivity contribution is -0.136. The number of hydrogen-bond acceptors (Lipinski definition) is 3. The van der Waals surface area contributed by atoms with E-state index in [0.29, 0.717) is 11.6 Å². The minimum atomic E-state index is -1.11. The molecule has 0 saturated carbocycles. The number of hydrogen-bond donors (Lipinski definition) is 3. The first kappa shape index (κ1) is 15.3. The van der Waals surface area contributed by atoms with Gasteiger partial charge in [-0.1, -0.05) is 23.7 Å². The summed E-state index contributed by atoms with van der Waals surface area (Å²) >= 11 is 5.89. The Labute approximate surface area is 128 Å². The van der Waals surface area contributed by atoms with Crippen LogP contribution in [0.4, 0.5) is 0 Å². The molecule has 1 aliphatic heterocycles. The van der Waals surface area contributed by atoms with Crippen molar-refractivity contribution in [3.8, 4) is 0 Å². The van der Waals surface area contributed by atoms with Crippen LogP contribution in [0.5, 0.6) is 0 Å². The lowest BCUT2D eigenvalue weighted by atomic mass is 9.93. The number of guanidine groups is 1. The first-order valence-electron chi connectivity index (χ1n) is 6.48. The normalized spacial score (nSPS) is 22.0. The third-order valence-electron chi connectivity index (χ3n) is 3.45. The van der Waals surface area contributed by atoms with Crippen LogP contribution in [-0.4, -0.2) is 35.3 Å². The van der Waals surface area contributed by atoms with Crippen molar-refractivity contribution in [1.82, 2.24) is 15.5 Å². The second kappa shape index (κ2) is 5.73. The maximum absolute atomic E-state index is 12.3. The van der Waals surface area contributed by atoms with Gasteiger partial charge >= 0.3 is 0 Å². The SMILES string of the molecule is CN1C(=N)N[C@](C)(C(=O)NCc2cccc(Cl)c2)CC1=O. The Morgan fingerprint density at radius 2 is 2.29 bits per heavy atom. The van der Waals surface area contributed by atoms with Crippen LogP contribution in [0.3, 0.4) is 0 Å². The molecule has 6 nitrogen and oxygen atoms in total. The Balaban J connectivity index is 2.02. The van der Waals surface area contributed by atoms with Crippen LogP contribution in [0.2, 0.25) is 5.02 Å². The van der Waals surface area contributed by atoms with Gasteiger partial charge in [-0.05, 0) is 24.6 Å². The van der Waals surface area contributed by atoms with Crippen molar-refractivity contribution in [2.24, 2.45) is 0 Å². The lowest BCUT2D eigenvalue weighted by Crippen LogP contribution is -2.65. The van der Waals surface area contributed by atoms with Crippen LogP contribution < -0.4 is 10.6 Å². The number of rotatable bonds is 3. The van der Waals surface area contributed by atoms with E-state index < -0.39 is 5.54 Å². The molecule has 112 valence electrons. The number of benzene rings is 1. The topological polar surface area (TPSA) is 85.3 Å². The van der Waals surface area contributed by atoms with Crippen molar-refractivity contribution in [3.63, 3.8) is 0 Å². The molecule has 21 heavy (non-hydrogen) atoms. The van der Waals surface area contributed by atoms with Gasteiger partial charge in [-0.15, -0.1) is 0 Å². The Morgan fingerprint density at radius 1 is 1.57 bits per heavy atom. The van der Waals surface area contributed by atoms with Gasteiger partial charge in [-0.3, -0.25) is 19.9 Å². The van der Waals surface area contributed by atoms with Crippen molar-refractivity contribution in [1.29, 1.82) is 5.41 Å². The number of nitrogens with zero attached hydrogens (tertiary/aromatic N) is 1. The monoisotopic (exact) mass is 308 g/mol. The molecule has 0 spiro atoms. The highest BCUT2D eigenvalue weighted by molar-refractivity contribution is 6.30. The Hall–Kier alpha value is -2.08. The van der Waals surface area contributed by atoms with Gasteiger partial charge in [-0.25, -0.2) is 0 Å². The third-order valence-corrected chi connectivity index (χ3v) is 3.69. The first-order chi connectivity index (χ1) is 9.82. The molecule has 2 amide bonds. The molecule has 0 aliphatic carbocycles. The Kier molecular flexibility index (Phi) is 4.18. The molecule has 1 atom stereocenters. The molecule has 2 rings (SSSR count). The van der Waals surface area contributed by atoms with Crippen LogP contribution in [0, 0.1) is 5.41 Å². The summed E-state index contributed by atoms with van der Waals surface area (Å²) in [5.74, 6) is -0.667. The molecule has 0 unspecified atom stereocenters. The lowest BCUT2D eigenvalue weighted by Gasteiger charge is -2.37. The predicted molar refractivity (Wildman–Crippen MR) is 80.0 cm³/mol. The van der Waals surface area contributed by atoms with Crippen LogP contribution in [0.1, 0.15) is 18.9 Å². The van der Waals surface area contributed by atoms with Gasteiger partial charge in [0.1, 0.15) is 5.54 Å². The first-order valence-corrected chi connectivity index (χ1v) is 6.86. The molecular weight excluding hydrogens is 292 g/mol. The van der Waals surface area contributed by atoms with E-state index >= 15 is 0 Å². The second-order valence-electron chi connectivity index (χ2n) is 5.25. The highest BCUT2D eigenvalue weighted by atomic mass is 35.5. The summed E-state index contributed by atoms with van der Waals surface area (Å²) in [7, 11) is 1.50. The maximum atomic E-state index is 12.3. The fourth-order valence-corrected chi connectivity index (χ4v) is 2.31.